The second-order valence-corrected chi connectivity index (χ2v) is 35.4. The molecule has 1 aromatic heterocycles. The van der Waals surface area contributed by atoms with E-state index in [1.807, 2.05) is 11.3 Å². The lowest BCUT2D eigenvalue weighted by molar-refractivity contribution is -0.140. The summed E-state index contributed by atoms with van der Waals surface area (Å²) in [7, 11) is -4.64. The molecule has 1 saturated carbocycles. The van der Waals surface area contributed by atoms with Gasteiger partial charge in [-0.3, -0.25) is 4.79 Å². The molecule has 3 rings (SSSR count). The number of rotatable bonds is 17. The van der Waals surface area contributed by atoms with E-state index in [1.165, 1.54) is 22.1 Å². The SMILES string of the molecule is COC(=O)CCCCCC[C@H]1C(O[Si](C)(C)C(C)(C)C)CC(O[Si](C)(C)C(C)(C)C)[C@@H]1CC[C@@H](O[Si](C)(C)C(C)(C)C)c1cc2ccccc2s1. The molecular formula is C42H76O5SSi3. The highest BCUT2D eigenvalue weighted by molar-refractivity contribution is 7.19. The number of benzene rings is 1. The standard InChI is InChI=1S/C42H76O5SSi3/c1-40(2,3)49(11,12)45-34(38-29-31-23-21-22-25-37(31)48-38)28-27-33-32(24-19-17-18-20-26-39(43)44-10)35(46-50(13,14)41(4,5)6)30-36(33)47-51(15,16)42(7,8)9/h21-23,25,29,32-36H,17-20,24,26-28,30H2,1-16H3/t32-,33-,34-,35?,36?/m1/s1. The first kappa shape index (κ1) is 44.6. The van der Waals surface area contributed by atoms with Crippen molar-refractivity contribution in [2.75, 3.05) is 7.11 Å². The Hall–Kier alpha value is -0.819. The maximum absolute atomic E-state index is 11.7. The highest BCUT2D eigenvalue weighted by Gasteiger charge is 2.51. The van der Waals surface area contributed by atoms with Gasteiger partial charge in [-0.15, -0.1) is 11.3 Å². The van der Waals surface area contributed by atoms with E-state index in [4.69, 9.17) is 18.0 Å². The number of fused-ring (bicyclic) bond motifs is 1. The Morgan fingerprint density at radius 2 is 1.25 bits per heavy atom. The second kappa shape index (κ2) is 17.3. The van der Waals surface area contributed by atoms with Crippen molar-refractivity contribution in [1.82, 2.24) is 0 Å². The lowest BCUT2D eigenvalue weighted by Gasteiger charge is -2.41. The highest BCUT2D eigenvalue weighted by Crippen LogP contribution is 2.51. The second-order valence-electron chi connectivity index (χ2n) is 20.1. The van der Waals surface area contributed by atoms with Gasteiger partial charge in [0.25, 0.3) is 0 Å². The third-order valence-electron chi connectivity index (χ3n) is 13.1. The maximum Gasteiger partial charge on any atom is 0.305 e. The average molecular weight is 777 g/mol. The van der Waals surface area contributed by atoms with Gasteiger partial charge in [0.15, 0.2) is 25.0 Å². The van der Waals surface area contributed by atoms with Crippen molar-refractivity contribution >= 4 is 52.3 Å². The van der Waals surface area contributed by atoms with Crippen LogP contribution in [-0.2, 0) is 22.8 Å². The van der Waals surface area contributed by atoms with Crippen LogP contribution in [-0.4, -0.2) is 50.2 Å². The zero-order valence-electron chi connectivity index (χ0n) is 35.6. The Morgan fingerprint density at radius 1 is 0.745 bits per heavy atom. The van der Waals surface area contributed by atoms with Crippen LogP contribution in [0.15, 0.2) is 30.3 Å². The summed E-state index contributed by atoms with van der Waals surface area (Å²) in [5.74, 6) is 0.738. The number of carbonyl (C=O) groups is 1. The molecule has 0 spiro atoms. The van der Waals surface area contributed by atoms with E-state index in [0.29, 0.717) is 18.3 Å². The van der Waals surface area contributed by atoms with Gasteiger partial charge in [-0.05, 0) is 116 Å². The first-order valence-corrected chi connectivity index (χ1v) is 29.4. The summed E-state index contributed by atoms with van der Waals surface area (Å²) in [6.07, 6.45) is 9.34. The van der Waals surface area contributed by atoms with Gasteiger partial charge in [-0.2, -0.15) is 0 Å². The van der Waals surface area contributed by atoms with Gasteiger partial charge in [0.1, 0.15) is 0 Å². The van der Waals surface area contributed by atoms with Crippen molar-refractivity contribution in [2.45, 2.75) is 193 Å². The van der Waals surface area contributed by atoms with Crippen molar-refractivity contribution in [1.29, 1.82) is 0 Å². The van der Waals surface area contributed by atoms with E-state index in [2.05, 4.69) is 132 Å². The topological polar surface area (TPSA) is 54.0 Å². The molecule has 0 saturated heterocycles. The van der Waals surface area contributed by atoms with Gasteiger partial charge in [-0.25, -0.2) is 0 Å². The quantitative estimate of drug-likeness (QED) is 0.0910. The van der Waals surface area contributed by atoms with E-state index < -0.39 is 25.0 Å². The third-order valence-corrected chi connectivity index (χ3v) is 27.8. The highest BCUT2D eigenvalue weighted by atomic mass is 32.1. The van der Waals surface area contributed by atoms with E-state index in [9.17, 15) is 4.79 Å². The Bertz CT molecular complexity index is 1360. The van der Waals surface area contributed by atoms with Gasteiger partial charge in [-0.1, -0.05) is 99.8 Å². The van der Waals surface area contributed by atoms with Gasteiger partial charge >= 0.3 is 5.97 Å². The molecule has 0 N–H and O–H groups in total. The fraction of sp³-hybridized carbons (Fsp3) is 0.786. The Labute approximate surface area is 320 Å². The maximum atomic E-state index is 11.7. The van der Waals surface area contributed by atoms with Crippen LogP contribution in [0.25, 0.3) is 10.1 Å². The summed E-state index contributed by atoms with van der Waals surface area (Å²) in [6, 6.07) is 11.2. The minimum atomic E-state index is -2.05. The molecular weight excluding hydrogens is 701 g/mol. The van der Waals surface area contributed by atoms with Crippen molar-refractivity contribution in [3.05, 3.63) is 35.2 Å². The minimum Gasteiger partial charge on any atom is -0.469 e. The largest absolute Gasteiger partial charge is 0.469 e. The molecule has 1 aliphatic rings. The smallest absolute Gasteiger partial charge is 0.305 e. The molecule has 9 heteroatoms. The van der Waals surface area contributed by atoms with E-state index in [-0.39, 0.29) is 39.4 Å². The summed E-state index contributed by atoms with van der Waals surface area (Å²) >= 11 is 1.91. The van der Waals surface area contributed by atoms with Crippen LogP contribution in [0.4, 0.5) is 0 Å². The van der Waals surface area contributed by atoms with E-state index >= 15 is 0 Å². The first-order valence-electron chi connectivity index (χ1n) is 19.9. The Morgan fingerprint density at radius 3 is 1.76 bits per heavy atom. The van der Waals surface area contributed by atoms with Crippen molar-refractivity contribution in [3.8, 4) is 0 Å². The monoisotopic (exact) mass is 776 g/mol. The van der Waals surface area contributed by atoms with Crippen LogP contribution in [0.5, 0.6) is 0 Å². The molecule has 5 atom stereocenters. The number of ether oxygens (including phenoxy) is 1. The number of hydrogen-bond acceptors (Lipinski definition) is 6. The van der Waals surface area contributed by atoms with E-state index in [0.717, 1.165) is 51.4 Å². The fourth-order valence-corrected chi connectivity index (χ4v) is 12.0. The number of carbonyl (C=O) groups excluding carboxylic acids is 1. The zero-order valence-corrected chi connectivity index (χ0v) is 39.4. The predicted molar refractivity (Wildman–Crippen MR) is 228 cm³/mol. The average Bonchev–Trinajstić information content (AvgIpc) is 3.55. The van der Waals surface area contributed by atoms with Gasteiger partial charge in [0.05, 0.1) is 25.4 Å². The van der Waals surface area contributed by atoms with Gasteiger partial charge < -0.3 is 18.0 Å². The summed E-state index contributed by atoms with van der Waals surface area (Å²) in [4.78, 5) is 13.1. The van der Waals surface area contributed by atoms with Crippen LogP contribution in [0.2, 0.25) is 54.4 Å². The van der Waals surface area contributed by atoms with Gasteiger partial charge in [0.2, 0.25) is 0 Å². The molecule has 1 aliphatic carbocycles. The van der Waals surface area contributed by atoms with E-state index in [1.54, 1.807) is 0 Å². The number of esters is 1. The summed E-state index contributed by atoms with van der Waals surface area (Å²) < 4.78 is 28.5. The third kappa shape index (κ3) is 11.8. The van der Waals surface area contributed by atoms with Crippen LogP contribution >= 0.6 is 11.3 Å². The molecule has 1 fully saturated rings. The lowest BCUT2D eigenvalue weighted by atomic mass is 9.84. The van der Waals surface area contributed by atoms with Gasteiger partial charge in [0, 0.05) is 16.0 Å². The first-order chi connectivity index (χ1) is 23.3. The molecule has 292 valence electrons. The number of hydrogen-bond donors (Lipinski definition) is 0. The molecule has 2 aromatic rings. The molecule has 51 heavy (non-hydrogen) atoms. The summed E-state index contributed by atoms with van der Waals surface area (Å²) in [5.41, 5.74) is 0. The van der Waals surface area contributed by atoms with Crippen LogP contribution in [0.1, 0.15) is 131 Å². The number of thiophene rings is 1. The van der Waals surface area contributed by atoms with Crippen molar-refractivity contribution in [2.24, 2.45) is 11.8 Å². The Kier molecular flexibility index (Phi) is 15.1. The minimum absolute atomic E-state index is 0.0659. The molecule has 0 radical (unpaired) electrons. The van der Waals surface area contributed by atoms with Crippen LogP contribution in [0, 0.1) is 11.8 Å². The Balaban J connectivity index is 2.00. The molecule has 1 heterocycles. The molecule has 0 bridgehead atoms. The lowest BCUT2D eigenvalue weighted by Crippen LogP contribution is -2.45. The molecule has 0 amide bonds. The normalized spacial score (nSPS) is 21.7. The number of methoxy groups -OCH3 is 1. The fourth-order valence-electron chi connectivity index (χ4n) is 6.71. The molecule has 0 aliphatic heterocycles. The molecule has 2 unspecified atom stereocenters. The number of unbranched alkanes of at least 4 members (excludes halogenated alkanes) is 3. The molecule has 1 aromatic carbocycles. The van der Waals surface area contributed by atoms with Crippen molar-refractivity contribution in [3.63, 3.8) is 0 Å². The van der Waals surface area contributed by atoms with Crippen LogP contribution < -0.4 is 0 Å². The predicted octanol–water partition coefficient (Wildman–Crippen LogP) is 13.7. The van der Waals surface area contributed by atoms with Crippen molar-refractivity contribution < 1.29 is 22.8 Å². The van der Waals surface area contributed by atoms with Crippen LogP contribution in [0.3, 0.4) is 0 Å². The molecule has 5 nitrogen and oxygen atoms in total. The zero-order chi connectivity index (χ0) is 38.6. The summed E-state index contributed by atoms with van der Waals surface area (Å²) in [5, 5.41) is 1.72. The summed E-state index contributed by atoms with van der Waals surface area (Å²) in [6.45, 7) is 35.7.